The lowest BCUT2D eigenvalue weighted by Crippen LogP contribution is -2.66. The third-order valence-electron chi connectivity index (χ3n) is 3.27. The van der Waals surface area contributed by atoms with Crippen molar-refractivity contribution in [2.45, 2.75) is 12.1 Å². The van der Waals surface area contributed by atoms with Crippen LogP contribution in [0.3, 0.4) is 0 Å². The van der Waals surface area contributed by atoms with Crippen molar-refractivity contribution in [2.24, 2.45) is 0 Å². The fourth-order valence-corrected chi connectivity index (χ4v) is 2.52. The molecule has 3 heteroatoms. The number of rotatable bonds is 2. The van der Waals surface area contributed by atoms with Gasteiger partial charge in [-0.3, -0.25) is 4.90 Å². The van der Waals surface area contributed by atoms with E-state index in [0.717, 1.165) is 39.5 Å². The molecule has 16 heavy (non-hydrogen) atoms. The summed E-state index contributed by atoms with van der Waals surface area (Å²) in [5.41, 5.74) is 1.38. The monoisotopic (exact) mass is 219 g/mol. The molecule has 0 amide bonds. The highest BCUT2D eigenvalue weighted by molar-refractivity contribution is 5.15. The molecule has 0 radical (unpaired) electrons. The maximum absolute atomic E-state index is 5.80. The minimum Gasteiger partial charge on any atom is -0.376 e. The summed E-state index contributed by atoms with van der Waals surface area (Å²) in [6, 6.07) is 10.6. The second kappa shape index (κ2) is 4.17. The quantitative estimate of drug-likeness (QED) is 0.748. The predicted molar refractivity (Wildman–Crippen MR) is 61.2 cm³/mol. The molecule has 3 rings (SSSR count). The van der Waals surface area contributed by atoms with Gasteiger partial charge in [-0.2, -0.15) is 0 Å². The Bertz CT molecular complexity index is 338. The highest BCUT2D eigenvalue weighted by Crippen LogP contribution is 2.29. The van der Waals surface area contributed by atoms with E-state index >= 15 is 0 Å². The number of benzene rings is 1. The first kappa shape index (κ1) is 10.3. The molecular formula is C13H17NO2. The molecule has 0 bridgehead atoms. The van der Waals surface area contributed by atoms with Crippen LogP contribution in [-0.4, -0.2) is 43.4 Å². The first-order chi connectivity index (χ1) is 7.86. The minimum absolute atomic E-state index is 0.00697. The second-order valence-corrected chi connectivity index (χ2v) is 4.71. The topological polar surface area (TPSA) is 21.7 Å². The predicted octanol–water partition coefficient (Wildman–Crippen LogP) is 1.29. The fraction of sp³-hybridized carbons (Fsp3) is 0.538. The summed E-state index contributed by atoms with van der Waals surface area (Å²) in [6.45, 7) is 5.29. The number of likely N-dealkylation sites (tertiary alicyclic amines) is 1. The van der Waals surface area contributed by atoms with E-state index in [4.69, 9.17) is 9.47 Å². The van der Waals surface area contributed by atoms with Crippen LogP contribution in [0.2, 0.25) is 0 Å². The summed E-state index contributed by atoms with van der Waals surface area (Å²) >= 11 is 0. The van der Waals surface area contributed by atoms with Crippen molar-refractivity contribution in [3.8, 4) is 0 Å². The van der Waals surface area contributed by atoms with Crippen molar-refractivity contribution in [3.05, 3.63) is 35.9 Å². The van der Waals surface area contributed by atoms with Gasteiger partial charge in [0.15, 0.2) is 0 Å². The van der Waals surface area contributed by atoms with Crippen LogP contribution in [0.15, 0.2) is 30.3 Å². The maximum atomic E-state index is 5.80. The van der Waals surface area contributed by atoms with Crippen molar-refractivity contribution in [3.63, 3.8) is 0 Å². The Hall–Kier alpha value is -0.900. The molecule has 2 aliphatic rings. The van der Waals surface area contributed by atoms with Crippen molar-refractivity contribution >= 4 is 0 Å². The van der Waals surface area contributed by atoms with Gasteiger partial charge in [0.2, 0.25) is 0 Å². The van der Waals surface area contributed by atoms with Gasteiger partial charge in [-0.05, 0) is 5.56 Å². The number of ether oxygens (including phenoxy) is 2. The van der Waals surface area contributed by atoms with Crippen LogP contribution in [0.1, 0.15) is 5.56 Å². The largest absolute Gasteiger partial charge is 0.376 e. The van der Waals surface area contributed by atoms with Crippen LogP contribution in [0, 0.1) is 0 Å². The van der Waals surface area contributed by atoms with E-state index < -0.39 is 0 Å². The first-order valence-corrected chi connectivity index (χ1v) is 5.84. The van der Waals surface area contributed by atoms with Crippen LogP contribution in [0.25, 0.3) is 0 Å². The zero-order chi connectivity index (χ0) is 10.8. The lowest BCUT2D eigenvalue weighted by Gasteiger charge is -2.51. The summed E-state index contributed by atoms with van der Waals surface area (Å²) in [7, 11) is 0. The molecule has 86 valence electrons. The number of hydrogen-bond donors (Lipinski definition) is 0. The SMILES string of the molecule is c1ccc(CN2CC3(COCCO3)C2)cc1. The molecule has 2 aliphatic heterocycles. The minimum atomic E-state index is 0.00697. The molecule has 2 fully saturated rings. The van der Waals surface area contributed by atoms with Gasteiger partial charge in [0.05, 0.1) is 19.8 Å². The average molecular weight is 219 g/mol. The van der Waals surface area contributed by atoms with Gasteiger partial charge in [-0.1, -0.05) is 30.3 Å². The van der Waals surface area contributed by atoms with Crippen LogP contribution < -0.4 is 0 Å². The molecule has 2 heterocycles. The zero-order valence-corrected chi connectivity index (χ0v) is 9.39. The molecule has 0 atom stereocenters. The third-order valence-corrected chi connectivity index (χ3v) is 3.27. The van der Waals surface area contributed by atoms with Crippen LogP contribution in [0.5, 0.6) is 0 Å². The van der Waals surface area contributed by atoms with Crippen LogP contribution in [0.4, 0.5) is 0 Å². The highest BCUT2D eigenvalue weighted by atomic mass is 16.6. The van der Waals surface area contributed by atoms with Gasteiger partial charge >= 0.3 is 0 Å². The molecule has 0 aromatic heterocycles. The standard InChI is InChI=1S/C13H17NO2/c1-2-4-12(5-3-1)8-14-9-13(10-14)11-15-6-7-16-13/h1-5H,6-11H2. The molecule has 3 nitrogen and oxygen atoms in total. The number of nitrogens with zero attached hydrogens (tertiary/aromatic N) is 1. The van der Waals surface area contributed by atoms with Crippen molar-refractivity contribution in [1.29, 1.82) is 0 Å². The Kier molecular flexibility index (Phi) is 2.67. The Morgan fingerprint density at radius 1 is 1.12 bits per heavy atom. The summed E-state index contributed by atoms with van der Waals surface area (Å²) in [5.74, 6) is 0. The molecule has 0 N–H and O–H groups in total. The van der Waals surface area contributed by atoms with E-state index in [1.807, 2.05) is 0 Å². The molecule has 0 aliphatic carbocycles. The lowest BCUT2D eigenvalue weighted by atomic mass is 9.93. The van der Waals surface area contributed by atoms with Crippen molar-refractivity contribution in [1.82, 2.24) is 4.90 Å². The Morgan fingerprint density at radius 3 is 2.62 bits per heavy atom. The van der Waals surface area contributed by atoms with E-state index in [1.54, 1.807) is 0 Å². The molecule has 0 unspecified atom stereocenters. The van der Waals surface area contributed by atoms with E-state index in [0.29, 0.717) is 0 Å². The molecule has 1 spiro atoms. The van der Waals surface area contributed by atoms with E-state index in [9.17, 15) is 0 Å². The van der Waals surface area contributed by atoms with Gasteiger partial charge in [0.25, 0.3) is 0 Å². The highest BCUT2D eigenvalue weighted by Gasteiger charge is 2.45. The van der Waals surface area contributed by atoms with Gasteiger partial charge in [-0.25, -0.2) is 0 Å². The van der Waals surface area contributed by atoms with Gasteiger partial charge in [-0.15, -0.1) is 0 Å². The summed E-state index contributed by atoms with van der Waals surface area (Å²) in [6.07, 6.45) is 0. The molecule has 1 aromatic carbocycles. The molecule has 0 saturated carbocycles. The maximum Gasteiger partial charge on any atom is 0.117 e. The van der Waals surface area contributed by atoms with Crippen molar-refractivity contribution < 1.29 is 9.47 Å². The second-order valence-electron chi connectivity index (χ2n) is 4.71. The van der Waals surface area contributed by atoms with Gasteiger partial charge < -0.3 is 9.47 Å². The van der Waals surface area contributed by atoms with E-state index in [-0.39, 0.29) is 5.60 Å². The molecular weight excluding hydrogens is 202 g/mol. The molecule has 1 aromatic rings. The molecule has 2 saturated heterocycles. The van der Waals surface area contributed by atoms with Gasteiger partial charge in [0.1, 0.15) is 5.60 Å². The van der Waals surface area contributed by atoms with Crippen LogP contribution >= 0.6 is 0 Å². The summed E-state index contributed by atoms with van der Waals surface area (Å²) in [5, 5.41) is 0. The lowest BCUT2D eigenvalue weighted by molar-refractivity contribution is -0.218. The zero-order valence-electron chi connectivity index (χ0n) is 9.39. The van der Waals surface area contributed by atoms with E-state index in [1.165, 1.54) is 5.56 Å². The summed E-state index contributed by atoms with van der Waals surface area (Å²) < 4.78 is 11.3. The van der Waals surface area contributed by atoms with Crippen LogP contribution in [-0.2, 0) is 16.0 Å². The average Bonchev–Trinajstić information content (AvgIpc) is 2.30. The Balaban J connectivity index is 1.53. The normalized spacial score (nSPS) is 24.2. The Labute approximate surface area is 96.0 Å². The fourth-order valence-electron chi connectivity index (χ4n) is 2.52. The smallest absolute Gasteiger partial charge is 0.117 e. The van der Waals surface area contributed by atoms with E-state index in [2.05, 4.69) is 35.2 Å². The first-order valence-electron chi connectivity index (χ1n) is 5.84. The third kappa shape index (κ3) is 1.98. The summed E-state index contributed by atoms with van der Waals surface area (Å²) in [4.78, 5) is 2.41. The Morgan fingerprint density at radius 2 is 1.94 bits per heavy atom. The number of hydrogen-bond acceptors (Lipinski definition) is 3. The van der Waals surface area contributed by atoms with Crippen molar-refractivity contribution in [2.75, 3.05) is 32.9 Å². The van der Waals surface area contributed by atoms with Gasteiger partial charge in [0, 0.05) is 19.6 Å².